The van der Waals surface area contributed by atoms with Gasteiger partial charge in [0.25, 0.3) is 0 Å². The van der Waals surface area contributed by atoms with Gasteiger partial charge in [0.2, 0.25) is 0 Å². The van der Waals surface area contributed by atoms with Crippen molar-refractivity contribution >= 4 is 35.6 Å². The highest BCUT2D eigenvalue weighted by molar-refractivity contribution is 6.31. The van der Waals surface area contributed by atoms with Crippen molar-refractivity contribution < 1.29 is 0 Å². The number of pyridine rings is 1. The SMILES string of the molecule is Cl.ClCc1c(-c2ccccc2)ccnc1Cl. The predicted octanol–water partition coefficient (Wildman–Crippen LogP) is 4.56. The Labute approximate surface area is 111 Å². The Morgan fingerprint density at radius 1 is 1.06 bits per heavy atom. The molecule has 0 radical (unpaired) electrons. The predicted molar refractivity (Wildman–Crippen MR) is 71.5 cm³/mol. The van der Waals surface area contributed by atoms with Gasteiger partial charge < -0.3 is 0 Å². The molecule has 2 aromatic rings. The Bertz CT molecular complexity index is 457. The van der Waals surface area contributed by atoms with Crippen LogP contribution in [0.25, 0.3) is 11.1 Å². The quantitative estimate of drug-likeness (QED) is 0.578. The van der Waals surface area contributed by atoms with Crippen LogP contribution in [0, 0.1) is 0 Å². The third kappa shape index (κ3) is 2.67. The van der Waals surface area contributed by atoms with Gasteiger partial charge in [0.05, 0.1) is 5.88 Å². The van der Waals surface area contributed by atoms with Crippen molar-refractivity contribution in [2.24, 2.45) is 0 Å². The van der Waals surface area contributed by atoms with Crippen molar-refractivity contribution in [2.45, 2.75) is 5.88 Å². The molecule has 0 atom stereocenters. The summed E-state index contributed by atoms with van der Waals surface area (Å²) in [6.07, 6.45) is 1.70. The van der Waals surface area contributed by atoms with E-state index < -0.39 is 0 Å². The molecule has 0 aliphatic rings. The number of hydrogen-bond donors (Lipinski definition) is 0. The van der Waals surface area contributed by atoms with Crippen LogP contribution in [0.5, 0.6) is 0 Å². The minimum atomic E-state index is 0. The fraction of sp³-hybridized carbons (Fsp3) is 0.0833. The Kier molecular flexibility index (Phi) is 5.07. The smallest absolute Gasteiger partial charge is 0.134 e. The minimum absolute atomic E-state index is 0. The second-order valence-corrected chi connectivity index (χ2v) is 3.75. The molecule has 1 heterocycles. The first-order valence-corrected chi connectivity index (χ1v) is 5.49. The summed E-state index contributed by atoms with van der Waals surface area (Å²) >= 11 is 11.8. The van der Waals surface area contributed by atoms with Gasteiger partial charge in [0.1, 0.15) is 5.15 Å². The highest BCUT2D eigenvalue weighted by atomic mass is 35.5. The van der Waals surface area contributed by atoms with Crippen LogP contribution in [-0.4, -0.2) is 4.98 Å². The van der Waals surface area contributed by atoms with E-state index in [-0.39, 0.29) is 12.4 Å². The summed E-state index contributed by atoms with van der Waals surface area (Å²) in [5.41, 5.74) is 3.04. The van der Waals surface area contributed by atoms with Crippen LogP contribution >= 0.6 is 35.6 Å². The highest BCUT2D eigenvalue weighted by Gasteiger charge is 2.08. The molecule has 0 N–H and O–H groups in total. The lowest BCUT2D eigenvalue weighted by atomic mass is 10.0. The first kappa shape index (κ1) is 13.3. The summed E-state index contributed by atoms with van der Waals surface area (Å²) in [6, 6.07) is 11.9. The van der Waals surface area contributed by atoms with Gasteiger partial charge in [-0.25, -0.2) is 4.98 Å². The lowest BCUT2D eigenvalue weighted by Gasteiger charge is -2.07. The number of rotatable bonds is 2. The molecule has 4 heteroatoms. The van der Waals surface area contributed by atoms with Gasteiger partial charge in [0.15, 0.2) is 0 Å². The second kappa shape index (κ2) is 6.09. The van der Waals surface area contributed by atoms with Crippen LogP contribution in [0.4, 0.5) is 0 Å². The molecule has 1 nitrogen and oxygen atoms in total. The van der Waals surface area contributed by atoms with Crippen molar-refractivity contribution in [3.05, 3.63) is 53.3 Å². The van der Waals surface area contributed by atoms with Crippen molar-refractivity contribution in [1.29, 1.82) is 0 Å². The molecule has 84 valence electrons. The van der Waals surface area contributed by atoms with Crippen LogP contribution in [0.1, 0.15) is 5.56 Å². The largest absolute Gasteiger partial charge is 0.244 e. The molecule has 2 rings (SSSR count). The molecule has 1 aromatic carbocycles. The average molecular weight is 275 g/mol. The molecule has 0 amide bonds. The van der Waals surface area contributed by atoms with E-state index in [0.717, 1.165) is 16.7 Å². The Morgan fingerprint density at radius 3 is 2.38 bits per heavy atom. The van der Waals surface area contributed by atoms with E-state index in [9.17, 15) is 0 Å². The van der Waals surface area contributed by atoms with E-state index in [1.54, 1.807) is 6.20 Å². The van der Waals surface area contributed by atoms with Crippen molar-refractivity contribution in [1.82, 2.24) is 4.98 Å². The fourth-order valence-electron chi connectivity index (χ4n) is 1.48. The fourth-order valence-corrected chi connectivity index (χ4v) is 2.05. The van der Waals surface area contributed by atoms with E-state index in [0.29, 0.717) is 11.0 Å². The summed E-state index contributed by atoms with van der Waals surface area (Å²) in [5, 5.41) is 0.478. The van der Waals surface area contributed by atoms with E-state index in [4.69, 9.17) is 23.2 Å². The first-order valence-electron chi connectivity index (χ1n) is 4.57. The minimum Gasteiger partial charge on any atom is -0.244 e. The lowest BCUT2D eigenvalue weighted by Crippen LogP contribution is -1.90. The van der Waals surface area contributed by atoms with Crippen LogP contribution in [0.2, 0.25) is 5.15 Å². The average Bonchev–Trinajstić information content (AvgIpc) is 2.30. The summed E-state index contributed by atoms with van der Waals surface area (Å²) in [7, 11) is 0. The molecule has 16 heavy (non-hydrogen) atoms. The van der Waals surface area contributed by atoms with Crippen molar-refractivity contribution in [3.63, 3.8) is 0 Å². The van der Waals surface area contributed by atoms with E-state index >= 15 is 0 Å². The second-order valence-electron chi connectivity index (χ2n) is 3.13. The Hall–Kier alpha value is -0.760. The molecule has 0 aliphatic heterocycles. The molecule has 0 unspecified atom stereocenters. The molecule has 0 saturated carbocycles. The van der Waals surface area contributed by atoms with Crippen molar-refractivity contribution in [3.8, 4) is 11.1 Å². The van der Waals surface area contributed by atoms with Crippen LogP contribution in [0.15, 0.2) is 42.6 Å². The first-order chi connectivity index (χ1) is 7.33. The van der Waals surface area contributed by atoms with Crippen LogP contribution in [0.3, 0.4) is 0 Å². The number of halogens is 3. The Balaban J connectivity index is 0.00000128. The number of hydrogen-bond acceptors (Lipinski definition) is 1. The van der Waals surface area contributed by atoms with Gasteiger partial charge in [-0.15, -0.1) is 24.0 Å². The Morgan fingerprint density at radius 2 is 1.75 bits per heavy atom. The number of nitrogens with zero attached hydrogens (tertiary/aromatic N) is 1. The van der Waals surface area contributed by atoms with Crippen LogP contribution < -0.4 is 0 Å². The zero-order valence-electron chi connectivity index (χ0n) is 8.36. The highest BCUT2D eigenvalue weighted by Crippen LogP contribution is 2.28. The van der Waals surface area contributed by atoms with E-state index in [1.807, 2.05) is 36.4 Å². The number of benzene rings is 1. The molecule has 0 bridgehead atoms. The molecular weight excluding hydrogens is 264 g/mol. The maximum Gasteiger partial charge on any atom is 0.134 e. The van der Waals surface area contributed by atoms with Gasteiger partial charge in [-0.2, -0.15) is 0 Å². The third-order valence-corrected chi connectivity index (χ3v) is 2.81. The summed E-state index contributed by atoms with van der Waals surface area (Å²) in [5.74, 6) is 0.372. The monoisotopic (exact) mass is 273 g/mol. The maximum atomic E-state index is 5.98. The molecule has 0 aliphatic carbocycles. The van der Waals surface area contributed by atoms with Gasteiger partial charge in [-0.1, -0.05) is 41.9 Å². The molecule has 0 fully saturated rings. The standard InChI is InChI=1S/C12H9Cl2N.ClH/c13-8-11-10(6-7-15-12(11)14)9-4-2-1-3-5-9;/h1-7H,8H2;1H. The zero-order chi connectivity index (χ0) is 10.7. The maximum absolute atomic E-state index is 5.98. The van der Waals surface area contributed by atoms with E-state index in [2.05, 4.69) is 4.98 Å². The summed E-state index contributed by atoms with van der Waals surface area (Å²) in [6.45, 7) is 0. The third-order valence-electron chi connectivity index (χ3n) is 2.22. The topological polar surface area (TPSA) is 12.9 Å². The summed E-state index contributed by atoms with van der Waals surface area (Å²) in [4.78, 5) is 4.02. The molecular formula is C12H10Cl3N. The number of aromatic nitrogens is 1. The molecule has 1 aromatic heterocycles. The molecule has 0 saturated heterocycles. The van der Waals surface area contributed by atoms with Gasteiger partial charge in [-0.3, -0.25) is 0 Å². The van der Waals surface area contributed by atoms with E-state index in [1.165, 1.54) is 0 Å². The van der Waals surface area contributed by atoms with Gasteiger partial charge in [0, 0.05) is 11.8 Å². The normalized spacial score (nSPS) is 9.62. The zero-order valence-corrected chi connectivity index (χ0v) is 10.7. The molecule has 0 spiro atoms. The summed E-state index contributed by atoms with van der Waals surface area (Å²) < 4.78 is 0. The van der Waals surface area contributed by atoms with Crippen LogP contribution in [-0.2, 0) is 5.88 Å². The number of alkyl halides is 1. The lowest BCUT2D eigenvalue weighted by molar-refractivity contribution is 1.25. The van der Waals surface area contributed by atoms with Crippen molar-refractivity contribution in [2.75, 3.05) is 0 Å². The van der Waals surface area contributed by atoms with Gasteiger partial charge >= 0.3 is 0 Å². The van der Waals surface area contributed by atoms with Gasteiger partial charge in [-0.05, 0) is 17.2 Å².